The molecule has 0 saturated heterocycles. The molecule has 3 rings (SSSR count). The number of imidazole rings is 1. The molecule has 138 valence electrons. The van der Waals surface area contributed by atoms with Crippen molar-refractivity contribution in [3.63, 3.8) is 0 Å². The molecule has 2 heterocycles. The molecule has 8 heteroatoms. The Hall–Kier alpha value is -1.97. The predicted molar refractivity (Wildman–Crippen MR) is 101 cm³/mol. The number of ether oxygens (including phenoxy) is 1. The van der Waals surface area contributed by atoms with Gasteiger partial charge in [0, 0.05) is 27.4 Å². The first kappa shape index (κ1) is 18.8. The van der Waals surface area contributed by atoms with E-state index in [1.165, 1.54) is 11.0 Å². The minimum Gasteiger partial charge on any atom is -0.464 e. The van der Waals surface area contributed by atoms with E-state index in [0.717, 1.165) is 5.69 Å². The minimum atomic E-state index is -0.997. The van der Waals surface area contributed by atoms with Gasteiger partial charge in [-0.2, -0.15) is 0 Å². The second-order valence-electron chi connectivity index (χ2n) is 6.04. The largest absolute Gasteiger partial charge is 0.464 e. The smallest absolute Gasteiger partial charge is 0.335 e. The molecule has 1 amide bonds. The van der Waals surface area contributed by atoms with E-state index in [1.54, 1.807) is 19.3 Å². The summed E-state index contributed by atoms with van der Waals surface area (Å²) in [6.45, 7) is 3.85. The maximum absolute atomic E-state index is 14.3. The van der Waals surface area contributed by atoms with E-state index in [1.807, 2.05) is 41.1 Å². The average molecular weight is 471 g/mol. The lowest BCUT2D eigenvalue weighted by molar-refractivity contribution is -0.149. The maximum Gasteiger partial charge on any atom is 0.335 e. The maximum atomic E-state index is 14.3. The first-order valence-corrected chi connectivity index (χ1v) is 9.42. The fourth-order valence-corrected chi connectivity index (χ4v) is 3.89. The SMILES string of the molecule is CCOC(=O)C(c1ncn(C)c1CC)N1Cc2c(F)cc(I)cc2C1=O. The van der Waals surface area contributed by atoms with Crippen LogP contribution in [0.25, 0.3) is 0 Å². The van der Waals surface area contributed by atoms with Crippen molar-refractivity contribution in [2.24, 2.45) is 7.05 Å². The molecular formula is C18H19FIN3O3. The van der Waals surface area contributed by atoms with Gasteiger partial charge in [-0.05, 0) is 48.1 Å². The lowest BCUT2D eigenvalue weighted by atomic mass is 10.1. The van der Waals surface area contributed by atoms with E-state index in [4.69, 9.17) is 4.74 Å². The van der Waals surface area contributed by atoms with Gasteiger partial charge in [0.25, 0.3) is 5.91 Å². The van der Waals surface area contributed by atoms with Crippen LogP contribution in [0.5, 0.6) is 0 Å². The third-order valence-electron chi connectivity index (χ3n) is 4.49. The third-order valence-corrected chi connectivity index (χ3v) is 5.11. The van der Waals surface area contributed by atoms with Crippen LogP contribution in [0.3, 0.4) is 0 Å². The van der Waals surface area contributed by atoms with E-state index >= 15 is 0 Å². The van der Waals surface area contributed by atoms with Crippen LogP contribution in [-0.4, -0.2) is 32.9 Å². The molecule has 0 aliphatic carbocycles. The Balaban J connectivity index is 2.08. The molecule has 26 heavy (non-hydrogen) atoms. The summed E-state index contributed by atoms with van der Waals surface area (Å²) in [6.07, 6.45) is 2.25. The summed E-state index contributed by atoms with van der Waals surface area (Å²) in [5.41, 5.74) is 1.91. The van der Waals surface area contributed by atoms with Crippen molar-refractivity contribution >= 4 is 34.5 Å². The molecule has 0 radical (unpaired) electrons. The number of esters is 1. The van der Waals surface area contributed by atoms with Crippen LogP contribution in [0.15, 0.2) is 18.5 Å². The standard InChI is InChI=1S/C18H19FIN3O3/c1-4-14-15(21-9-22(14)3)16(18(25)26-5-2)23-8-12-11(17(23)24)6-10(20)7-13(12)19/h6-7,9,16H,4-5,8H2,1-3H3. The zero-order valence-electron chi connectivity index (χ0n) is 14.8. The Morgan fingerprint density at radius 2 is 2.15 bits per heavy atom. The fourth-order valence-electron chi connectivity index (χ4n) is 3.30. The second-order valence-corrected chi connectivity index (χ2v) is 7.29. The van der Waals surface area contributed by atoms with Crippen molar-refractivity contribution in [1.82, 2.24) is 14.5 Å². The predicted octanol–water partition coefficient (Wildman–Crippen LogP) is 2.99. The minimum absolute atomic E-state index is 0.0140. The molecule has 1 aliphatic rings. The van der Waals surface area contributed by atoms with Crippen molar-refractivity contribution in [3.8, 4) is 0 Å². The van der Waals surface area contributed by atoms with Gasteiger partial charge in [0.2, 0.25) is 0 Å². The number of hydrogen-bond acceptors (Lipinski definition) is 4. The van der Waals surface area contributed by atoms with Gasteiger partial charge in [-0.15, -0.1) is 0 Å². The molecule has 2 aromatic rings. The van der Waals surface area contributed by atoms with Gasteiger partial charge in [-0.25, -0.2) is 14.2 Å². The third kappa shape index (κ3) is 3.10. The number of fused-ring (bicyclic) bond motifs is 1. The van der Waals surface area contributed by atoms with Crippen LogP contribution in [0.4, 0.5) is 4.39 Å². The van der Waals surface area contributed by atoms with Crippen LogP contribution in [0.1, 0.15) is 47.2 Å². The highest BCUT2D eigenvalue weighted by Gasteiger charge is 2.41. The van der Waals surface area contributed by atoms with E-state index < -0.39 is 17.8 Å². The van der Waals surface area contributed by atoms with Crippen molar-refractivity contribution in [2.75, 3.05) is 6.61 Å². The normalized spacial score (nSPS) is 14.5. The van der Waals surface area contributed by atoms with Crippen LogP contribution in [-0.2, 0) is 29.5 Å². The summed E-state index contributed by atoms with van der Waals surface area (Å²) < 4.78 is 22.0. The molecule has 0 bridgehead atoms. The van der Waals surface area contributed by atoms with Crippen molar-refractivity contribution in [2.45, 2.75) is 32.9 Å². The summed E-state index contributed by atoms with van der Waals surface area (Å²) in [5.74, 6) is -1.39. The molecule has 1 unspecified atom stereocenters. The van der Waals surface area contributed by atoms with Crippen molar-refractivity contribution < 1.29 is 18.7 Å². The van der Waals surface area contributed by atoms with E-state index in [-0.39, 0.29) is 24.6 Å². The number of aryl methyl sites for hydroxylation is 1. The van der Waals surface area contributed by atoms with Gasteiger partial charge in [-0.3, -0.25) is 4.79 Å². The number of halogens is 2. The number of carbonyl (C=O) groups excluding carboxylic acids is 2. The zero-order valence-corrected chi connectivity index (χ0v) is 16.9. The number of rotatable bonds is 5. The molecular weight excluding hydrogens is 452 g/mol. The quantitative estimate of drug-likeness (QED) is 0.497. The summed E-state index contributed by atoms with van der Waals surface area (Å²) in [7, 11) is 1.83. The Kier molecular flexibility index (Phi) is 5.31. The van der Waals surface area contributed by atoms with Crippen LogP contribution in [0, 0.1) is 9.39 Å². The monoisotopic (exact) mass is 471 g/mol. The Labute approximate surface area is 164 Å². The van der Waals surface area contributed by atoms with Gasteiger partial charge < -0.3 is 14.2 Å². The molecule has 1 atom stereocenters. The van der Waals surface area contributed by atoms with Crippen LogP contribution >= 0.6 is 22.6 Å². The van der Waals surface area contributed by atoms with Crippen molar-refractivity contribution in [1.29, 1.82) is 0 Å². The lowest BCUT2D eigenvalue weighted by Gasteiger charge is -2.25. The van der Waals surface area contributed by atoms with E-state index in [2.05, 4.69) is 4.98 Å². The first-order chi connectivity index (χ1) is 12.4. The van der Waals surface area contributed by atoms with E-state index in [0.29, 0.717) is 21.2 Å². The molecule has 6 nitrogen and oxygen atoms in total. The van der Waals surface area contributed by atoms with Gasteiger partial charge in [0.15, 0.2) is 6.04 Å². The second kappa shape index (κ2) is 7.34. The van der Waals surface area contributed by atoms with Gasteiger partial charge in [0.05, 0.1) is 25.2 Å². The highest BCUT2D eigenvalue weighted by atomic mass is 127. The number of benzene rings is 1. The number of aromatic nitrogens is 2. The zero-order chi connectivity index (χ0) is 19.0. The van der Waals surface area contributed by atoms with Crippen LogP contribution in [0.2, 0.25) is 0 Å². The number of amides is 1. The van der Waals surface area contributed by atoms with E-state index in [9.17, 15) is 14.0 Å². The molecule has 0 saturated carbocycles. The summed E-state index contributed by atoms with van der Waals surface area (Å²) in [6, 6.07) is 2.03. The summed E-state index contributed by atoms with van der Waals surface area (Å²) in [5, 5.41) is 0. The molecule has 1 aliphatic heterocycles. The van der Waals surface area contributed by atoms with Gasteiger partial charge in [-0.1, -0.05) is 6.92 Å². The average Bonchev–Trinajstić information content (AvgIpc) is 3.10. The molecule has 0 fully saturated rings. The van der Waals surface area contributed by atoms with Gasteiger partial charge >= 0.3 is 5.97 Å². The summed E-state index contributed by atoms with van der Waals surface area (Å²) >= 11 is 1.97. The topological polar surface area (TPSA) is 64.4 Å². The first-order valence-electron chi connectivity index (χ1n) is 8.34. The van der Waals surface area contributed by atoms with Crippen LogP contribution < -0.4 is 0 Å². The number of nitrogens with zero attached hydrogens (tertiary/aromatic N) is 3. The Morgan fingerprint density at radius 3 is 2.81 bits per heavy atom. The molecule has 1 aromatic heterocycles. The fraction of sp³-hybridized carbons (Fsp3) is 0.389. The molecule has 1 aromatic carbocycles. The Morgan fingerprint density at radius 1 is 1.42 bits per heavy atom. The highest BCUT2D eigenvalue weighted by Crippen LogP contribution is 2.35. The number of hydrogen-bond donors (Lipinski definition) is 0. The van der Waals surface area contributed by atoms with Crippen molar-refractivity contribution in [3.05, 3.63) is 50.4 Å². The molecule has 0 N–H and O–H groups in total. The summed E-state index contributed by atoms with van der Waals surface area (Å²) in [4.78, 5) is 31.3. The highest BCUT2D eigenvalue weighted by molar-refractivity contribution is 14.1. The van der Waals surface area contributed by atoms with Gasteiger partial charge in [0.1, 0.15) is 5.82 Å². The number of carbonyl (C=O) groups is 2. The molecule has 0 spiro atoms. The Bertz CT molecular complexity index is 881. The lowest BCUT2D eigenvalue weighted by Crippen LogP contribution is -2.36.